The summed E-state index contributed by atoms with van der Waals surface area (Å²) in [6, 6.07) is 5.02. The minimum Gasteiger partial charge on any atom is -0.370 e. The Hall–Kier alpha value is -0.990. The van der Waals surface area contributed by atoms with E-state index in [-0.39, 0.29) is 24.0 Å². The molecule has 0 unspecified atom stereocenters. The van der Waals surface area contributed by atoms with E-state index in [0.717, 1.165) is 43.6 Å². The molecule has 118 valence electrons. The molecule has 1 aromatic carbocycles. The minimum atomic E-state index is -4.30. The smallest absolute Gasteiger partial charge is 0.370 e. The van der Waals surface area contributed by atoms with Crippen molar-refractivity contribution in [1.82, 2.24) is 4.90 Å². The number of likely N-dealkylation sites (tertiary alicyclic amines) is 1. The number of hydrogen-bond donors (Lipinski definition) is 1. The first-order chi connectivity index (χ1) is 9.47. The summed E-state index contributed by atoms with van der Waals surface area (Å²) in [6.07, 6.45) is -0.871. The molecule has 0 spiro atoms. The van der Waals surface area contributed by atoms with Crippen molar-refractivity contribution in [2.45, 2.75) is 32.0 Å². The van der Waals surface area contributed by atoms with Crippen LogP contribution in [0.25, 0.3) is 0 Å². The van der Waals surface area contributed by atoms with Crippen molar-refractivity contribution in [2.24, 2.45) is 10.7 Å². The Balaban J connectivity index is 0.00000220. The highest BCUT2D eigenvalue weighted by molar-refractivity contribution is 14.0. The second-order valence-corrected chi connectivity index (χ2v) is 4.92. The minimum absolute atomic E-state index is 0. The molecule has 1 aliphatic heterocycles. The van der Waals surface area contributed by atoms with Gasteiger partial charge in [-0.3, -0.25) is 0 Å². The van der Waals surface area contributed by atoms with E-state index in [2.05, 4.69) is 4.99 Å². The van der Waals surface area contributed by atoms with Crippen LogP contribution in [0.4, 0.5) is 13.2 Å². The second kappa shape index (κ2) is 7.86. The standard InChI is InChI=1S/C14H18F3N3.HI/c15-14(16,17)12-6-4-11(5-7-12)10-19-13(18)20-8-2-1-3-9-20;/h4-7H,1-3,8-10H2,(H2,18,19);1H. The highest BCUT2D eigenvalue weighted by atomic mass is 127. The van der Waals surface area contributed by atoms with Crippen LogP contribution in [0.5, 0.6) is 0 Å². The second-order valence-electron chi connectivity index (χ2n) is 4.92. The van der Waals surface area contributed by atoms with Crippen LogP contribution in [0.15, 0.2) is 29.3 Å². The van der Waals surface area contributed by atoms with Crippen molar-refractivity contribution in [2.75, 3.05) is 13.1 Å². The molecule has 21 heavy (non-hydrogen) atoms. The Bertz CT molecular complexity index is 465. The van der Waals surface area contributed by atoms with E-state index in [4.69, 9.17) is 5.73 Å². The summed E-state index contributed by atoms with van der Waals surface area (Å²) in [5, 5.41) is 0. The Morgan fingerprint density at radius 2 is 1.67 bits per heavy atom. The van der Waals surface area contributed by atoms with E-state index < -0.39 is 11.7 Å². The van der Waals surface area contributed by atoms with E-state index in [1.807, 2.05) is 4.90 Å². The number of piperidine rings is 1. The van der Waals surface area contributed by atoms with E-state index >= 15 is 0 Å². The molecule has 1 heterocycles. The average molecular weight is 413 g/mol. The third kappa shape index (κ3) is 5.37. The quantitative estimate of drug-likeness (QED) is 0.457. The fourth-order valence-corrected chi connectivity index (χ4v) is 2.19. The normalized spacial score (nSPS) is 16.5. The van der Waals surface area contributed by atoms with Crippen LogP contribution in [0, 0.1) is 0 Å². The van der Waals surface area contributed by atoms with Gasteiger partial charge in [0.05, 0.1) is 12.1 Å². The first kappa shape index (κ1) is 18.1. The van der Waals surface area contributed by atoms with Gasteiger partial charge in [-0.1, -0.05) is 12.1 Å². The van der Waals surface area contributed by atoms with E-state index in [9.17, 15) is 13.2 Å². The van der Waals surface area contributed by atoms with Crippen LogP contribution in [-0.2, 0) is 12.7 Å². The van der Waals surface area contributed by atoms with Crippen LogP contribution in [0.1, 0.15) is 30.4 Å². The molecule has 7 heteroatoms. The van der Waals surface area contributed by atoms with Crippen LogP contribution < -0.4 is 5.73 Å². The molecule has 1 aromatic rings. The van der Waals surface area contributed by atoms with Gasteiger partial charge in [-0.2, -0.15) is 13.2 Å². The predicted molar refractivity (Wildman–Crippen MR) is 87.6 cm³/mol. The predicted octanol–water partition coefficient (Wildman–Crippen LogP) is 3.62. The molecule has 0 aliphatic carbocycles. The van der Waals surface area contributed by atoms with Crippen LogP contribution in [0.3, 0.4) is 0 Å². The molecule has 1 aliphatic rings. The molecule has 0 bridgehead atoms. The van der Waals surface area contributed by atoms with E-state index in [1.165, 1.54) is 18.6 Å². The monoisotopic (exact) mass is 413 g/mol. The Kier molecular flexibility index (Phi) is 6.76. The number of guanidine groups is 1. The lowest BCUT2D eigenvalue weighted by Crippen LogP contribution is -2.40. The molecular formula is C14H19F3IN3. The summed E-state index contributed by atoms with van der Waals surface area (Å²) in [5.41, 5.74) is 5.97. The molecule has 0 atom stereocenters. The molecule has 3 nitrogen and oxygen atoms in total. The third-order valence-electron chi connectivity index (χ3n) is 3.38. The summed E-state index contributed by atoms with van der Waals surface area (Å²) < 4.78 is 37.3. The number of nitrogens with zero attached hydrogens (tertiary/aromatic N) is 2. The van der Waals surface area contributed by atoms with Crippen molar-refractivity contribution in [3.8, 4) is 0 Å². The highest BCUT2D eigenvalue weighted by Gasteiger charge is 2.29. The van der Waals surface area contributed by atoms with Gasteiger partial charge >= 0.3 is 6.18 Å². The molecule has 2 rings (SSSR count). The number of benzene rings is 1. The average Bonchev–Trinajstić information content (AvgIpc) is 2.45. The van der Waals surface area contributed by atoms with Crippen LogP contribution >= 0.6 is 24.0 Å². The highest BCUT2D eigenvalue weighted by Crippen LogP contribution is 2.29. The van der Waals surface area contributed by atoms with E-state index in [1.54, 1.807) is 0 Å². The van der Waals surface area contributed by atoms with Gasteiger partial charge in [0, 0.05) is 13.1 Å². The first-order valence-corrected chi connectivity index (χ1v) is 6.68. The van der Waals surface area contributed by atoms with Crippen LogP contribution in [0.2, 0.25) is 0 Å². The number of halogens is 4. The summed E-state index contributed by atoms with van der Waals surface area (Å²) in [6.45, 7) is 2.12. The maximum Gasteiger partial charge on any atom is 0.416 e. The number of alkyl halides is 3. The van der Waals surface area contributed by atoms with Gasteiger partial charge in [0.25, 0.3) is 0 Å². The number of rotatable bonds is 2. The van der Waals surface area contributed by atoms with Crippen molar-refractivity contribution < 1.29 is 13.2 Å². The van der Waals surface area contributed by atoms with Gasteiger partial charge in [-0.05, 0) is 37.0 Å². The van der Waals surface area contributed by atoms with Crippen molar-refractivity contribution in [3.05, 3.63) is 35.4 Å². The molecule has 1 fully saturated rings. The zero-order valence-electron chi connectivity index (χ0n) is 11.6. The van der Waals surface area contributed by atoms with Gasteiger partial charge in [-0.15, -0.1) is 24.0 Å². The van der Waals surface area contributed by atoms with Crippen molar-refractivity contribution in [3.63, 3.8) is 0 Å². The van der Waals surface area contributed by atoms with Gasteiger partial charge in [0.15, 0.2) is 5.96 Å². The number of hydrogen-bond acceptors (Lipinski definition) is 1. The molecule has 0 radical (unpaired) electrons. The van der Waals surface area contributed by atoms with Crippen molar-refractivity contribution in [1.29, 1.82) is 0 Å². The summed E-state index contributed by atoms with van der Waals surface area (Å²) >= 11 is 0. The fourth-order valence-electron chi connectivity index (χ4n) is 2.19. The topological polar surface area (TPSA) is 41.6 Å². The molecule has 0 amide bonds. The lowest BCUT2D eigenvalue weighted by molar-refractivity contribution is -0.137. The van der Waals surface area contributed by atoms with Gasteiger partial charge in [0.1, 0.15) is 0 Å². The molecule has 0 saturated carbocycles. The lowest BCUT2D eigenvalue weighted by Gasteiger charge is -2.27. The largest absolute Gasteiger partial charge is 0.416 e. The number of aliphatic imine (C=N–C) groups is 1. The maximum absolute atomic E-state index is 12.4. The lowest BCUT2D eigenvalue weighted by atomic mass is 10.1. The maximum atomic E-state index is 12.4. The zero-order chi connectivity index (χ0) is 14.6. The van der Waals surface area contributed by atoms with E-state index in [0.29, 0.717) is 12.5 Å². The molecular weight excluding hydrogens is 394 g/mol. The van der Waals surface area contributed by atoms with Gasteiger partial charge in [0.2, 0.25) is 0 Å². The Morgan fingerprint density at radius 3 is 2.19 bits per heavy atom. The Labute approximate surface area is 139 Å². The summed E-state index contributed by atoms with van der Waals surface area (Å²) in [5.74, 6) is 0.476. The first-order valence-electron chi connectivity index (χ1n) is 6.68. The zero-order valence-corrected chi connectivity index (χ0v) is 13.9. The van der Waals surface area contributed by atoms with Gasteiger partial charge in [-0.25, -0.2) is 4.99 Å². The third-order valence-corrected chi connectivity index (χ3v) is 3.38. The Morgan fingerprint density at radius 1 is 1.10 bits per heavy atom. The molecule has 0 aromatic heterocycles. The van der Waals surface area contributed by atoms with Crippen molar-refractivity contribution >= 4 is 29.9 Å². The SMILES string of the molecule is I.NC(=NCc1ccc(C(F)(F)F)cc1)N1CCCCC1. The molecule has 2 N–H and O–H groups in total. The molecule has 1 saturated heterocycles. The summed E-state index contributed by atoms with van der Waals surface area (Å²) in [4.78, 5) is 6.27. The fraction of sp³-hybridized carbons (Fsp3) is 0.500. The van der Waals surface area contributed by atoms with Gasteiger partial charge < -0.3 is 10.6 Å². The summed E-state index contributed by atoms with van der Waals surface area (Å²) in [7, 11) is 0. The number of nitrogens with two attached hydrogens (primary N) is 1. The van der Waals surface area contributed by atoms with Crippen LogP contribution in [-0.4, -0.2) is 23.9 Å².